The van der Waals surface area contributed by atoms with Crippen molar-refractivity contribution in [2.75, 3.05) is 13.2 Å². The molecule has 1 aliphatic carbocycles. The van der Waals surface area contributed by atoms with Crippen LogP contribution in [0, 0.1) is 0 Å². The van der Waals surface area contributed by atoms with Crippen molar-refractivity contribution in [1.82, 2.24) is 9.88 Å². The SMILES string of the molecule is O=C(c1ccc[nH]c1=O)N(CCCO)C1CCC1. The van der Waals surface area contributed by atoms with Gasteiger partial charge in [-0.05, 0) is 37.8 Å². The maximum atomic E-state index is 12.3. The summed E-state index contributed by atoms with van der Waals surface area (Å²) in [5, 5.41) is 8.89. The summed E-state index contributed by atoms with van der Waals surface area (Å²) in [5.41, 5.74) is -0.168. The highest BCUT2D eigenvalue weighted by Gasteiger charge is 2.29. The Labute approximate surface area is 105 Å². The number of aliphatic hydroxyl groups excluding tert-OH is 1. The number of aliphatic hydroxyl groups is 1. The first kappa shape index (κ1) is 12.8. The molecule has 0 aliphatic heterocycles. The molecule has 98 valence electrons. The topological polar surface area (TPSA) is 73.4 Å². The fourth-order valence-corrected chi connectivity index (χ4v) is 2.13. The van der Waals surface area contributed by atoms with Crippen molar-refractivity contribution in [3.8, 4) is 0 Å². The molecule has 0 spiro atoms. The van der Waals surface area contributed by atoms with E-state index in [9.17, 15) is 9.59 Å². The predicted molar refractivity (Wildman–Crippen MR) is 67.4 cm³/mol. The summed E-state index contributed by atoms with van der Waals surface area (Å²) in [6, 6.07) is 3.43. The Morgan fingerprint density at radius 2 is 2.28 bits per heavy atom. The van der Waals surface area contributed by atoms with E-state index in [1.165, 1.54) is 6.20 Å². The van der Waals surface area contributed by atoms with Gasteiger partial charge in [0.1, 0.15) is 5.56 Å². The molecule has 0 saturated heterocycles. The van der Waals surface area contributed by atoms with Gasteiger partial charge in [-0.2, -0.15) is 0 Å². The van der Waals surface area contributed by atoms with Crippen molar-refractivity contribution in [3.63, 3.8) is 0 Å². The lowest BCUT2D eigenvalue weighted by molar-refractivity contribution is 0.0560. The van der Waals surface area contributed by atoms with E-state index in [1.807, 2.05) is 0 Å². The van der Waals surface area contributed by atoms with E-state index in [1.54, 1.807) is 17.0 Å². The number of rotatable bonds is 5. The Balaban J connectivity index is 2.17. The lowest BCUT2D eigenvalue weighted by Crippen LogP contribution is -2.46. The minimum Gasteiger partial charge on any atom is -0.396 e. The molecular formula is C13H18N2O3. The van der Waals surface area contributed by atoms with Crippen molar-refractivity contribution in [1.29, 1.82) is 0 Å². The van der Waals surface area contributed by atoms with Crippen LogP contribution in [-0.4, -0.2) is 40.1 Å². The van der Waals surface area contributed by atoms with Crippen LogP contribution in [0.3, 0.4) is 0 Å². The molecule has 5 heteroatoms. The van der Waals surface area contributed by atoms with Gasteiger partial charge in [0.15, 0.2) is 0 Å². The molecular weight excluding hydrogens is 232 g/mol. The Morgan fingerprint density at radius 3 is 2.83 bits per heavy atom. The van der Waals surface area contributed by atoms with Gasteiger partial charge in [0.05, 0.1) is 0 Å². The molecule has 18 heavy (non-hydrogen) atoms. The van der Waals surface area contributed by atoms with Gasteiger partial charge in [-0.15, -0.1) is 0 Å². The number of nitrogens with one attached hydrogen (secondary N) is 1. The molecule has 1 aromatic heterocycles. The van der Waals surface area contributed by atoms with E-state index >= 15 is 0 Å². The monoisotopic (exact) mass is 250 g/mol. The summed E-state index contributed by atoms with van der Waals surface area (Å²) in [4.78, 5) is 28.2. The Kier molecular flexibility index (Phi) is 4.15. The van der Waals surface area contributed by atoms with Crippen molar-refractivity contribution in [2.45, 2.75) is 31.7 Å². The first-order chi connectivity index (χ1) is 8.74. The third kappa shape index (κ3) is 2.61. The fourth-order valence-electron chi connectivity index (χ4n) is 2.13. The molecule has 1 heterocycles. The van der Waals surface area contributed by atoms with Crippen molar-refractivity contribution in [3.05, 3.63) is 34.2 Å². The number of carbonyl (C=O) groups is 1. The number of carbonyl (C=O) groups excluding carboxylic acids is 1. The fraction of sp³-hybridized carbons (Fsp3) is 0.538. The van der Waals surface area contributed by atoms with Crippen LogP contribution in [0.5, 0.6) is 0 Å². The van der Waals surface area contributed by atoms with Crippen LogP contribution in [0.2, 0.25) is 0 Å². The lowest BCUT2D eigenvalue weighted by Gasteiger charge is -2.37. The molecule has 0 atom stereocenters. The van der Waals surface area contributed by atoms with Gasteiger partial charge in [0, 0.05) is 25.4 Å². The summed E-state index contributed by atoms with van der Waals surface area (Å²) in [5.74, 6) is -0.227. The number of amides is 1. The molecule has 0 radical (unpaired) electrons. The van der Waals surface area contributed by atoms with E-state index in [-0.39, 0.29) is 29.7 Å². The van der Waals surface area contributed by atoms with Crippen LogP contribution in [0.15, 0.2) is 23.1 Å². The zero-order chi connectivity index (χ0) is 13.0. The third-order valence-electron chi connectivity index (χ3n) is 3.38. The molecule has 1 amide bonds. The number of aromatic amines is 1. The summed E-state index contributed by atoms with van der Waals surface area (Å²) in [6.45, 7) is 0.565. The molecule has 1 saturated carbocycles. The largest absolute Gasteiger partial charge is 0.396 e. The minimum absolute atomic E-state index is 0.0572. The second kappa shape index (κ2) is 5.82. The average molecular weight is 250 g/mol. The van der Waals surface area contributed by atoms with E-state index < -0.39 is 0 Å². The van der Waals surface area contributed by atoms with E-state index in [0.717, 1.165) is 19.3 Å². The lowest BCUT2D eigenvalue weighted by atomic mass is 9.91. The molecule has 1 aromatic rings. The molecule has 2 rings (SSSR count). The highest BCUT2D eigenvalue weighted by atomic mass is 16.3. The first-order valence-electron chi connectivity index (χ1n) is 6.33. The minimum atomic E-state index is -0.351. The van der Waals surface area contributed by atoms with Crippen LogP contribution in [-0.2, 0) is 0 Å². The van der Waals surface area contributed by atoms with Crippen LogP contribution >= 0.6 is 0 Å². The van der Waals surface area contributed by atoms with Crippen molar-refractivity contribution < 1.29 is 9.90 Å². The third-order valence-corrected chi connectivity index (χ3v) is 3.38. The van der Waals surface area contributed by atoms with Crippen molar-refractivity contribution in [2.24, 2.45) is 0 Å². The Morgan fingerprint density at radius 1 is 1.50 bits per heavy atom. The van der Waals surface area contributed by atoms with Gasteiger partial charge in [0.2, 0.25) is 0 Å². The molecule has 0 unspecified atom stereocenters. The molecule has 0 aromatic carbocycles. The van der Waals surface area contributed by atoms with Crippen molar-refractivity contribution >= 4 is 5.91 Å². The van der Waals surface area contributed by atoms with Gasteiger partial charge in [-0.1, -0.05) is 0 Å². The number of hydrogen-bond donors (Lipinski definition) is 2. The van der Waals surface area contributed by atoms with E-state index in [0.29, 0.717) is 13.0 Å². The summed E-state index contributed by atoms with van der Waals surface area (Å²) in [7, 11) is 0. The normalized spacial score (nSPS) is 15.2. The average Bonchev–Trinajstić information content (AvgIpc) is 2.32. The van der Waals surface area contributed by atoms with Gasteiger partial charge >= 0.3 is 0 Å². The molecule has 5 nitrogen and oxygen atoms in total. The zero-order valence-electron chi connectivity index (χ0n) is 10.3. The zero-order valence-corrected chi connectivity index (χ0v) is 10.3. The van der Waals surface area contributed by atoms with Crippen LogP contribution in [0.1, 0.15) is 36.0 Å². The Hall–Kier alpha value is -1.62. The van der Waals surface area contributed by atoms with Gasteiger partial charge in [0.25, 0.3) is 11.5 Å². The molecule has 2 N–H and O–H groups in total. The van der Waals surface area contributed by atoms with Gasteiger partial charge in [-0.25, -0.2) is 0 Å². The molecule has 1 aliphatic rings. The highest BCUT2D eigenvalue weighted by Crippen LogP contribution is 2.25. The number of aromatic nitrogens is 1. The Bertz CT molecular complexity index is 465. The first-order valence-corrected chi connectivity index (χ1v) is 6.33. The summed E-state index contributed by atoms with van der Waals surface area (Å²) in [6.07, 6.45) is 5.16. The molecule has 1 fully saturated rings. The standard InChI is InChI=1S/C13H18N2O3/c16-9-3-8-15(10-4-1-5-10)13(18)11-6-2-7-14-12(11)17/h2,6-7,10,16H,1,3-5,8-9H2,(H,14,17). The maximum absolute atomic E-state index is 12.3. The van der Waals surface area contributed by atoms with Gasteiger partial charge in [-0.3, -0.25) is 9.59 Å². The van der Waals surface area contributed by atoms with Crippen LogP contribution in [0.25, 0.3) is 0 Å². The number of H-pyrrole nitrogens is 1. The highest BCUT2D eigenvalue weighted by molar-refractivity contribution is 5.94. The number of pyridine rings is 1. The molecule has 0 bridgehead atoms. The second-order valence-electron chi connectivity index (χ2n) is 4.57. The van der Waals surface area contributed by atoms with E-state index in [2.05, 4.69) is 4.98 Å². The number of nitrogens with zero attached hydrogens (tertiary/aromatic N) is 1. The van der Waals surface area contributed by atoms with Crippen LogP contribution < -0.4 is 5.56 Å². The predicted octanol–water partition coefficient (Wildman–Crippen LogP) is 0.752. The second-order valence-corrected chi connectivity index (χ2v) is 4.57. The number of hydrogen-bond acceptors (Lipinski definition) is 3. The smallest absolute Gasteiger partial charge is 0.260 e. The van der Waals surface area contributed by atoms with E-state index in [4.69, 9.17) is 5.11 Å². The van der Waals surface area contributed by atoms with Crippen LogP contribution in [0.4, 0.5) is 0 Å². The summed E-state index contributed by atoms with van der Waals surface area (Å²) >= 11 is 0. The van der Waals surface area contributed by atoms with Gasteiger partial charge < -0.3 is 15.0 Å². The maximum Gasteiger partial charge on any atom is 0.260 e. The summed E-state index contributed by atoms with van der Waals surface area (Å²) < 4.78 is 0. The quantitative estimate of drug-likeness (QED) is 0.810.